The summed E-state index contributed by atoms with van der Waals surface area (Å²) in [6.45, 7) is 8.15. The van der Waals surface area contributed by atoms with E-state index in [-0.39, 0.29) is 0 Å². The summed E-state index contributed by atoms with van der Waals surface area (Å²) in [4.78, 5) is 0. The molecular weight excluding hydrogens is 170 g/mol. The van der Waals surface area contributed by atoms with Gasteiger partial charge in [-0.1, -0.05) is 36.5 Å². The molecule has 0 saturated heterocycles. The summed E-state index contributed by atoms with van der Waals surface area (Å²) >= 11 is 0. The van der Waals surface area contributed by atoms with Crippen LogP contribution in [-0.4, -0.2) is 6.04 Å². The zero-order valence-corrected chi connectivity index (χ0v) is 8.67. The average molecular weight is 185 g/mol. The van der Waals surface area contributed by atoms with Crippen LogP contribution in [0.25, 0.3) is 0 Å². The van der Waals surface area contributed by atoms with Crippen molar-refractivity contribution in [1.82, 2.24) is 5.32 Å². The predicted octanol–water partition coefficient (Wildman–Crippen LogP) is 2.86. The highest BCUT2D eigenvalue weighted by Gasteiger charge is 2.19. The van der Waals surface area contributed by atoms with E-state index >= 15 is 0 Å². The molecule has 1 heterocycles. The lowest BCUT2D eigenvalue weighted by molar-refractivity contribution is 0.748. The lowest BCUT2D eigenvalue weighted by atomic mass is 9.91. The minimum absolute atomic E-state index is 0.316. The van der Waals surface area contributed by atoms with E-state index in [1.165, 1.54) is 16.7 Å². The molecule has 0 spiro atoms. The van der Waals surface area contributed by atoms with Crippen LogP contribution in [0.2, 0.25) is 0 Å². The molecule has 0 amide bonds. The highest BCUT2D eigenvalue weighted by atomic mass is 14.9. The third-order valence-corrected chi connectivity index (χ3v) is 2.64. The number of hydrogen-bond donors (Lipinski definition) is 1. The third kappa shape index (κ3) is 1.46. The van der Waals surface area contributed by atoms with Gasteiger partial charge in [-0.05, 0) is 31.1 Å². The number of allylic oxidation sites excluding steroid dienone is 4. The lowest BCUT2D eigenvalue weighted by Gasteiger charge is -2.28. The Bertz CT molecular complexity index is 391. The van der Waals surface area contributed by atoms with Crippen LogP contribution in [0.3, 0.4) is 0 Å². The topological polar surface area (TPSA) is 12.0 Å². The van der Waals surface area contributed by atoms with E-state index in [4.69, 9.17) is 0 Å². The lowest BCUT2D eigenvalue weighted by Crippen LogP contribution is -2.32. The summed E-state index contributed by atoms with van der Waals surface area (Å²) in [5.41, 5.74) is 4.82. The number of rotatable bonds is 0. The van der Waals surface area contributed by atoms with Crippen molar-refractivity contribution in [2.24, 2.45) is 0 Å². The van der Waals surface area contributed by atoms with Crippen LogP contribution in [0, 0.1) is 0 Å². The molecule has 0 saturated carbocycles. The van der Waals surface area contributed by atoms with Crippen LogP contribution < -0.4 is 5.32 Å². The van der Waals surface area contributed by atoms with Gasteiger partial charge in [-0.25, -0.2) is 0 Å². The Morgan fingerprint density at radius 1 is 1.43 bits per heavy atom. The van der Waals surface area contributed by atoms with Gasteiger partial charge in [0.2, 0.25) is 0 Å². The SMILES string of the molecule is C=C1NC2C=C(C)C=CC2=C/C1=C/C. The first-order chi connectivity index (χ1) is 6.70. The van der Waals surface area contributed by atoms with Crippen LogP contribution in [0.4, 0.5) is 0 Å². The van der Waals surface area contributed by atoms with Gasteiger partial charge in [0.1, 0.15) is 0 Å². The Labute approximate surface area is 85.2 Å². The third-order valence-electron chi connectivity index (χ3n) is 2.64. The monoisotopic (exact) mass is 185 g/mol. The second-order valence-corrected chi connectivity index (χ2v) is 3.73. The first kappa shape index (κ1) is 9.07. The van der Waals surface area contributed by atoms with Crippen LogP contribution >= 0.6 is 0 Å². The van der Waals surface area contributed by atoms with Crippen LogP contribution in [-0.2, 0) is 0 Å². The highest BCUT2D eigenvalue weighted by Crippen LogP contribution is 2.25. The second kappa shape index (κ2) is 3.33. The zero-order valence-electron chi connectivity index (χ0n) is 8.67. The molecule has 2 aliphatic rings. The van der Waals surface area contributed by atoms with Crippen molar-refractivity contribution in [3.8, 4) is 0 Å². The summed E-state index contributed by atoms with van der Waals surface area (Å²) in [6, 6.07) is 0.316. The fourth-order valence-corrected chi connectivity index (χ4v) is 1.80. The summed E-state index contributed by atoms with van der Waals surface area (Å²) < 4.78 is 0. The Morgan fingerprint density at radius 2 is 2.21 bits per heavy atom. The first-order valence-corrected chi connectivity index (χ1v) is 4.91. The highest BCUT2D eigenvalue weighted by molar-refractivity contribution is 5.52. The number of nitrogens with one attached hydrogen (secondary N) is 1. The van der Waals surface area contributed by atoms with Gasteiger partial charge in [0.25, 0.3) is 0 Å². The van der Waals surface area contributed by atoms with Crippen molar-refractivity contribution in [3.63, 3.8) is 0 Å². The van der Waals surface area contributed by atoms with E-state index in [0.29, 0.717) is 6.04 Å². The van der Waals surface area contributed by atoms with Gasteiger partial charge in [-0.15, -0.1) is 0 Å². The summed E-state index contributed by atoms with van der Waals surface area (Å²) in [6.07, 6.45) is 10.8. The van der Waals surface area contributed by atoms with Gasteiger partial charge in [0, 0.05) is 5.70 Å². The molecule has 0 fully saturated rings. The van der Waals surface area contributed by atoms with Gasteiger partial charge < -0.3 is 5.32 Å². The van der Waals surface area contributed by atoms with Crippen molar-refractivity contribution >= 4 is 0 Å². The molecule has 2 rings (SSSR count). The van der Waals surface area contributed by atoms with E-state index in [9.17, 15) is 0 Å². The standard InChI is InChI=1S/C13H15N/c1-4-11-8-12-6-5-9(2)7-13(12)14-10(11)3/h4-8,13-14H,3H2,1-2H3/b11-4-. The Morgan fingerprint density at radius 3 is 2.93 bits per heavy atom. The average Bonchev–Trinajstić information content (AvgIpc) is 2.16. The van der Waals surface area contributed by atoms with Crippen LogP contribution in [0.5, 0.6) is 0 Å². The van der Waals surface area contributed by atoms with Crippen molar-refractivity contribution in [2.75, 3.05) is 0 Å². The van der Waals surface area contributed by atoms with E-state index in [1.54, 1.807) is 0 Å². The molecule has 72 valence electrons. The fourth-order valence-electron chi connectivity index (χ4n) is 1.80. The molecule has 1 aliphatic heterocycles. The smallest absolute Gasteiger partial charge is 0.0703 e. The van der Waals surface area contributed by atoms with Gasteiger partial charge in [-0.2, -0.15) is 0 Å². The molecule has 1 heteroatoms. The van der Waals surface area contributed by atoms with E-state index in [1.807, 2.05) is 6.92 Å². The van der Waals surface area contributed by atoms with Gasteiger partial charge >= 0.3 is 0 Å². The Hall–Kier alpha value is -1.50. The molecule has 1 N–H and O–H groups in total. The quantitative estimate of drug-likeness (QED) is 0.612. The molecule has 14 heavy (non-hydrogen) atoms. The van der Waals surface area contributed by atoms with Crippen LogP contribution in [0.15, 0.2) is 59.4 Å². The maximum atomic E-state index is 4.01. The van der Waals surface area contributed by atoms with Crippen molar-refractivity contribution in [3.05, 3.63) is 59.4 Å². The largest absolute Gasteiger partial charge is 0.375 e. The molecule has 1 atom stereocenters. The molecule has 0 aromatic carbocycles. The fraction of sp³-hybridized carbons (Fsp3) is 0.231. The second-order valence-electron chi connectivity index (χ2n) is 3.73. The zero-order chi connectivity index (χ0) is 10.1. The molecular formula is C13H15N. The number of fused-ring (bicyclic) bond motifs is 1. The maximum absolute atomic E-state index is 4.01. The van der Waals surface area contributed by atoms with Crippen molar-refractivity contribution in [1.29, 1.82) is 0 Å². The molecule has 1 nitrogen and oxygen atoms in total. The summed E-state index contributed by atoms with van der Waals surface area (Å²) in [5, 5.41) is 3.39. The Kier molecular flexibility index (Phi) is 2.16. The summed E-state index contributed by atoms with van der Waals surface area (Å²) in [7, 11) is 0. The minimum atomic E-state index is 0.316. The molecule has 0 bridgehead atoms. The van der Waals surface area contributed by atoms with Crippen molar-refractivity contribution < 1.29 is 0 Å². The van der Waals surface area contributed by atoms with E-state index < -0.39 is 0 Å². The minimum Gasteiger partial charge on any atom is -0.375 e. The van der Waals surface area contributed by atoms with E-state index in [0.717, 1.165) is 5.70 Å². The van der Waals surface area contributed by atoms with Gasteiger partial charge in [0.05, 0.1) is 6.04 Å². The van der Waals surface area contributed by atoms with Gasteiger partial charge in [0.15, 0.2) is 0 Å². The number of hydrogen-bond acceptors (Lipinski definition) is 1. The molecule has 1 aliphatic carbocycles. The molecule has 0 aromatic heterocycles. The molecule has 1 unspecified atom stereocenters. The normalized spacial score (nSPS) is 28.0. The van der Waals surface area contributed by atoms with Gasteiger partial charge in [-0.3, -0.25) is 0 Å². The van der Waals surface area contributed by atoms with E-state index in [2.05, 4.69) is 49.2 Å². The molecule has 0 aromatic rings. The first-order valence-electron chi connectivity index (χ1n) is 4.91. The predicted molar refractivity (Wildman–Crippen MR) is 60.8 cm³/mol. The Balaban J connectivity index is 2.40. The maximum Gasteiger partial charge on any atom is 0.0703 e. The summed E-state index contributed by atoms with van der Waals surface area (Å²) in [5.74, 6) is 0. The molecule has 0 radical (unpaired) electrons. The van der Waals surface area contributed by atoms with Crippen LogP contribution in [0.1, 0.15) is 13.8 Å². The van der Waals surface area contributed by atoms with Crippen molar-refractivity contribution in [2.45, 2.75) is 19.9 Å².